The number of nitrogens with zero attached hydrogens (tertiary/aromatic N) is 2. The standard InChI is InChI=1S/C20H17FN4O3/c1-2-28-19(27)13-3-7-16(8-4-13)24-18(26)14-11-22-20(23-12-14)25-17-9-5-15(21)6-10-17/h3-12H,2H2,1H3,(H,24,26)(H,22,23,25). The van der Waals surface area contributed by atoms with Crippen LogP contribution < -0.4 is 10.6 Å². The average molecular weight is 380 g/mol. The Labute approximate surface area is 160 Å². The molecule has 0 aliphatic carbocycles. The second-order valence-corrected chi connectivity index (χ2v) is 5.68. The predicted molar refractivity (Wildman–Crippen MR) is 102 cm³/mol. The van der Waals surface area contributed by atoms with E-state index in [0.717, 1.165) is 0 Å². The Kier molecular flexibility index (Phi) is 5.91. The van der Waals surface area contributed by atoms with E-state index in [2.05, 4.69) is 20.6 Å². The number of anilines is 3. The number of halogens is 1. The van der Waals surface area contributed by atoms with Crippen LogP contribution in [0.4, 0.5) is 21.7 Å². The van der Waals surface area contributed by atoms with Crippen molar-refractivity contribution in [2.24, 2.45) is 0 Å². The molecule has 2 aromatic carbocycles. The number of hydrogen-bond donors (Lipinski definition) is 2. The van der Waals surface area contributed by atoms with E-state index in [1.165, 1.54) is 24.5 Å². The highest BCUT2D eigenvalue weighted by Crippen LogP contribution is 2.15. The van der Waals surface area contributed by atoms with Gasteiger partial charge in [0.1, 0.15) is 5.82 Å². The zero-order chi connectivity index (χ0) is 19.9. The Bertz CT molecular complexity index is 958. The molecular formula is C20H17FN4O3. The Morgan fingerprint density at radius 1 is 0.929 bits per heavy atom. The molecule has 1 amide bonds. The summed E-state index contributed by atoms with van der Waals surface area (Å²) in [6.45, 7) is 2.03. The van der Waals surface area contributed by atoms with E-state index in [-0.39, 0.29) is 17.3 Å². The molecule has 0 saturated heterocycles. The van der Waals surface area contributed by atoms with Crippen LogP contribution in [-0.4, -0.2) is 28.5 Å². The highest BCUT2D eigenvalue weighted by Gasteiger charge is 2.10. The van der Waals surface area contributed by atoms with Crippen molar-refractivity contribution in [1.29, 1.82) is 0 Å². The number of carbonyl (C=O) groups is 2. The summed E-state index contributed by atoms with van der Waals surface area (Å²) in [5.41, 5.74) is 1.81. The molecule has 3 aromatic rings. The zero-order valence-electron chi connectivity index (χ0n) is 15.0. The van der Waals surface area contributed by atoms with Crippen LogP contribution in [0, 0.1) is 5.82 Å². The summed E-state index contributed by atoms with van der Waals surface area (Å²) in [5.74, 6) is -0.869. The summed E-state index contributed by atoms with van der Waals surface area (Å²) in [7, 11) is 0. The van der Waals surface area contributed by atoms with Crippen LogP contribution in [0.2, 0.25) is 0 Å². The maximum atomic E-state index is 12.9. The lowest BCUT2D eigenvalue weighted by Crippen LogP contribution is -2.13. The molecule has 7 nitrogen and oxygen atoms in total. The molecule has 2 N–H and O–H groups in total. The Morgan fingerprint density at radius 3 is 2.14 bits per heavy atom. The first-order valence-corrected chi connectivity index (χ1v) is 8.48. The van der Waals surface area contributed by atoms with Crippen LogP contribution in [0.3, 0.4) is 0 Å². The van der Waals surface area contributed by atoms with Crippen molar-refractivity contribution in [3.05, 3.63) is 77.9 Å². The van der Waals surface area contributed by atoms with Gasteiger partial charge in [-0.25, -0.2) is 19.2 Å². The van der Waals surface area contributed by atoms with Gasteiger partial charge < -0.3 is 15.4 Å². The summed E-state index contributed by atoms with van der Waals surface area (Å²) in [6, 6.07) is 12.1. The molecule has 28 heavy (non-hydrogen) atoms. The van der Waals surface area contributed by atoms with E-state index in [1.54, 1.807) is 43.3 Å². The van der Waals surface area contributed by atoms with E-state index >= 15 is 0 Å². The van der Waals surface area contributed by atoms with E-state index < -0.39 is 11.9 Å². The van der Waals surface area contributed by atoms with Crippen molar-refractivity contribution >= 4 is 29.2 Å². The molecule has 0 bridgehead atoms. The lowest BCUT2D eigenvalue weighted by atomic mass is 10.2. The fourth-order valence-corrected chi connectivity index (χ4v) is 2.28. The monoisotopic (exact) mass is 380 g/mol. The summed E-state index contributed by atoms with van der Waals surface area (Å²) in [4.78, 5) is 32.1. The largest absolute Gasteiger partial charge is 0.462 e. The predicted octanol–water partition coefficient (Wildman–Crippen LogP) is 3.79. The highest BCUT2D eigenvalue weighted by atomic mass is 19.1. The van der Waals surface area contributed by atoms with Crippen molar-refractivity contribution in [3.8, 4) is 0 Å². The highest BCUT2D eigenvalue weighted by molar-refractivity contribution is 6.04. The molecule has 0 aliphatic heterocycles. The van der Waals surface area contributed by atoms with Gasteiger partial charge in [0.25, 0.3) is 5.91 Å². The lowest BCUT2D eigenvalue weighted by Gasteiger charge is -2.07. The quantitative estimate of drug-likeness (QED) is 0.632. The molecule has 0 unspecified atom stereocenters. The fraction of sp³-hybridized carbons (Fsp3) is 0.100. The Hall–Kier alpha value is -3.81. The summed E-state index contributed by atoms with van der Waals surface area (Å²) in [6.07, 6.45) is 2.75. The first-order chi connectivity index (χ1) is 13.5. The van der Waals surface area contributed by atoms with E-state index in [1.807, 2.05) is 0 Å². The third-order valence-corrected chi connectivity index (χ3v) is 3.67. The van der Waals surface area contributed by atoms with E-state index in [9.17, 15) is 14.0 Å². The Morgan fingerprint density at radius 2 is 1.54 bits per heavy atom. The minimum atomic E-state index is -0.419. The molecule has 0 fully saturated rings. The number of ether oxygens (including phenoxy) is 1. The normalized spacial score (nSPS) is 10.2. The summed E-state index contributed by atoms with van der Waals surface area (Å²) >= 11 is 0. The van der Waals surface area contributed by atoms with Crippen LogP contribution >= 0.6 is 0 Å². The Balaban J connectivity index is 1.61. The van der Waals surface area contributed by atoms with Crippen LogP contribution in [0.1, 0.15) is 27.6 Å². The number of rotatable bonds is 6. The van der Waals surface area contributed by atoms with Gasteiger partial charge in [0, 0.05) is 23.8 Å². The number of hydrogen-bond acceptors (Lipinski definition) is 6. The molecular weight excluding hydrogens is 363 g/mol. The van der Waals surface area contributed by atoms with Gasteiger partial charge in [-0.15, -0.1) is 0 Å². The second-order valence-electron chi connectivity index (χ2n) is 5.68. The van der Waals surface area contributed by atoms with Crippen molar-refractivity contribution in [2.75, 3.05) is 17.2 Å². The maximum absolute atomic E-state index is 12.9. The van der Waals surface area contributed by atoms with Gasteiger partial charge in [0.2, 0.25) is 5.95 Å². The molecule has 3 rings (SSSR count). The molecule has 0 spiro atoms. The molecule has 1 aromatic heterocycles. The number of esters is 1. The molecule has 0 atom stereocenters. The molecule has 0 aliphatic rings. The molecule has 8 heteroatoms. The zero-order valence-corrected chi connectivity index (χ0v) is 15.0. The van der Waals surface area contributed by atoms with Gasteiger partial charge in [0.15, 0.2) is 0 Å². The van der Waals surface area contributed by atoms with Gasteiger partial charge in [-0.05, 0) is 55.5 Å². The SMILES string of the molecule is CCOC(=O)c1ccc(NC(=O)c2cnc(Nc3ccc(F)cc3)nc2)cc1. The average Bonchev–Trinajstić information content (AvgIpc) is 2.71. The number of nitrogens with one attached hydrogen (secondary N) is 2. The van der Waals surface area contributed by atoms with Crippen LogP contribution in [0.15, 0.2) is 60.9 Å². The van der Waals surface area contributed by atoms with Crippen LogP contribution in [-0.2, 0) is 4.74 Å². The van der Waals surface area contributed by atoms with Gasteiger partial charge in [0.05, 0.1) is 17.7 Å². The van der Waals surface area contributed by atoms with Gasteiger partial charge >= 0.3 is 5.97 Å². The van der Waals surface area contributed by atoms with Crippen LogP contribution in [0.25, 0.3) is 0 Å². The third-order valence-electron chi connectivity index (χ3n) is 3.67. The van der Waals surface area contributed by atoms with Gasteiger partial charge in [-0.2, -0.15) is 0 Å². The van der Waals surface area contributed by atoms with Crippen molar-refractivity contribution in [1.82, 2.24) is 9.97 Å². The number of carbonyl (C=O) groups excluding carboxylic acids is 2. The summed E-state index contributed by atoms with van der Waals surface area (Å²) in [5, 5.41) is 5.61. The second kappa shape index (κ2) is 8.72. The molecule has 142 valence electrons. The lowest BCUT2D eigenvalue weighted by molar-refractivity contribution is 0.0526. The topological polar surface area (TPSA) is 93.2 Å². The third kappa shape index (κ3) is 4.88. The first kappa shape index (κ1) is 19.0. The smallest absolute Gasteiger partial charge is 0.338 e. The minimum absolute atomic E-state index is 0.263. The number of benzene rings is 2. The first-order valence-electron chi connectivity index (χ1n) is 8.48. The van der Waals surface area contributed by atoms with Gasteiger partial charge in [-0.3, -0.25) is 4.79 Å². The van der Waals surface area contributed by atoms with Crippen molar-refractivity contribution in [3.63, 3.8) is 0 Å². The number of aromatic nitrogens is 2. The fourth-order valence-electron chi connectivity index (χ4n) is 2.28. The molecule has 0 radical (unpaired) electrons. The molecule has 1 heterocycles. The van der Waals surface area contributed by atoms with Crippen molar-refractivity contribution < 1.29 is 18.7 Å². The van der Waals surface area contributed by atoms with Crippen molar-refractivity contribution in [2.45, 2.75) is 6.92 Å². The number of amides is 1. The van der Waals surface area contributed by atoms with E-state index in [4.69, 9.17) is 4.74 Å². The summed E-state index contributed by atoms with van der Waals surface area (Å²) < 4.78 is 17.8. The van der Waals surface area contributed by atoms with Gasteiger partial charge in [-0.1, -0.05) is 0 Å². The molecule has 0 saturated carbocycles. The minimum Gasteiger partial charge on any atom is -0.462 e. The maximum Gasteiger partial charge on any atom is 0.338 e. The van der Waals surface area contributed by atoms with Crippen LogP contribution in [0.5, 0.6) is 0 Å². The van der Waals surface area contributed by atoms with E-state index in [0.29, 0.717) is 23.5 Å².